The summed E-state index contributed by atoms with van der Waals surface area (Å²) in [5.41, 5.74) is 0. The second-order valence-electron chi connectivity index (χ2n) is 8.88. The first kappa shape index (κ1) is 24.1. The molecule has 5 heteroatoms. The lowest BCUT2D eigenvalue weighted by Crippen LogP contribution is -2.36. The average molecular weight is 399 g/mol. The number of hydrogen-bond acceptors (Lipinski definition) is 5. The molecule has 0 aromatic heterocycles. The first-order valence-electron chi connectivity index (χ1n) is 11.9. The topological polar surface area (TPSA) is 34.2 Å². The van der Waals surface area contributed by atoms with Gasteiger partial charge in [-0.25, -0.2) is 0 Å². The van der Waals surface area contributed by atoms with Crippen LogP contribution in [0.25, 0.3) is 0 Å². The molecule has 0 N–H and O–H groups in total. The van der Waals surface area contributed by atoms with Gasteiger partial charge in [-0.1, -0.05) is 6.92 Å². The monoisotopic (exact) mass is 398 g/mol. The summed E-state index contributed by atoms with van der Waals surface area (Å²) in [5.74, 6) is 1.80. The zero-order valence-electron chi connectivity index (χ0n) is 18.7. The lowest BCUT2D eigenvalue weighted by atomic mass is 9.94. The molecule has 5 nitrogen and oxygen atoms in total. The molecule has 2 heterocycles. The Hall–Kier alpha value is -0.200. The Morgan fingerprint density at radius 3 is 2.11 bits per heavy atom. The van der Waals surface area contributed by atoms with Gasteiger partial charge in [-0.15, -0.1) is 0 Å². The van der Waals surface area contributed by atoms with E-state index >= 15 is 0 Å². The van der Waals surface area contributed by atoms with Crippen molar-refractivity contribution in [3.63, 3.8) is 0 Å². The van der Waals surface area contributed by atoms with Crippen molar-refractivity contribution >= 4 is 0 Å². The third kappa shape index (κ3) is 11.1. The van der Waals surface area contributed by atoms with Gasteiger partial charge in [0.1, 0.15) is 0 Å². The van der Waals surface area contributed by atoms with Gasteiger partial charge in [0.2, 0.25) is 0 Å². The molecule has 0 atom stereocenters. The minimum absolute atomic E-state index is 0.694. The Kier molecular flexibility index (Phi) is 13.4. The Balaban J connectivity index is 1.33. The van der Waals surface area contributed by atoms with Crippen LogP contribution in [0.5, 0.6) is 0 Å². The number of methoxy groups -OCH3 is 1. The van der Waals surface area contributed by atoms with Gasteiger partial charge >= 0.3 is 0 Å². The highest BCUT2D eigenvalue weighted by atomic mass is 16.5. The van der Waals surface area contributed by atoms with Crippen LogP contribution in [-0.4, -0.2) is 89.2 Å². The Morgan fingerprint density at radius 2 is 1.36 bits per heavy atom. The minimum Gasteiger partial charge on any atom is -0.382 e. The normalized spacial score (nSPS) is 20.8. The molecule has 0 amide bonds. The van der Waals surface area contributed by atoms with E-state index in [1.807, 2.05) is 0 Å². The van der Waals surface area contributed by atoms with E-state index in [1.54, 1.807) is 7.11 Å². The maximum Gasteiger partial charge on any atom is 0.0700 e. The molecule has 28 heavy (non-hydrogen) atoms. The number of rotatable bonds is 15. The minimum atomic E-state index is 0.694. The number of likely N-dealkylation sites (tertiary alicyclic amines) is 2. The van der Waals surface area contributed by atoms with Crippen LogP contribution in [0.1, 0.15) is 58.3 Å². The van der Waals surface area contributed by atoms with E-state index in [-0.39, 0.29) is 0 Å². The van der Waals surface area contributed by atoms with Crippen molar-refractivity contribution in [3.8, 4) is 0 Å². The van der Waals surface area contributed by atoms with Crippen molar-refractivity contribution in [1.82, 2.24) is 9.80 Å². The number of piperidine rings is 2. The molecular weight excluding hydrogens is 352 g/mol. The van der Waals surface area contributed by atoms with Crippen LogP contribution in [-0.2, 0) is 14.2 Å². The van der Waals surface area contributed by atoms with E-state index < -0.39 is 0 Å². The highest BCUT2D eigenvalue weighted by molar-refractivity contribution is 4.72. The molecule has 2 rings (SSSR count). The summed E-state index contributed by atoms with van der Waals surface area (Å²) in [7, 11) is 1.72. The van der Waals surface area contributed by atoms with Crippen LogP contribution in [0, 0.1) is 11.8 Å². The Morgan fingerprint density at radius 1 is 0.679 bits per heavy atom. The van der Waals surface area contributed by atoms with Crippen LogP contribution >= 0.6 is 0 Å². The van der Waals surface area contributed by atoms with Gasteiger partial charge < -0.3 is 24.0 Å². The summed E-state index contributed by atoms with van der Waals surface area (Å²) in [4.78, 5) is 5.19. The van der Waals surface area contributed by atoms with E-state index in [0.29, 0.717) is 13.2 Å². The zero-order valence-corrected chi connectivity index (χ0v) is 18.7. The van der Waals surface area contributed by atoms with Gasteiger partial charge in [0.05, 0.1) is 19.8 Å². The Bertz CT molecular complexity index is 354. The first-order valence-corrected chi connectivity index (χ1v) is 11.9. The van der Waals surface area contributed by atoms with Crippen molar-refractivity contribution in [2.75, 3.05) is 79.4 Å². The maximum absolute atomic E-state index is 5.91. The van der Waals surface area contributed by atoms with Gasteiger partial charge in [-0.2, -0.15) is 0 Å². The molecule has 0 spiro atoms. The van der Waals surface area contributed by atoms with Gasteiger partial charge in [0, 0.05) is 26.9 Å². The summed E-state index contributed by atoms with van der Waals surface area (Å²) >= 11 is 0. The van der Waals surface area contributed by atoms with Gasteiger partial charge in [0.15, 0.2) is 0 Å². The SMILES string of the molecule is COCCOCCN1CCC(CCOCCCCCN2CCC(C)CC2)CC1. The van der Waals surface area contributed by atoms with Crippen LogP contribution in [0.3, 0.4) is 0 Å². The first-order chi connectivity index (χ1) is 13.8. The quantitative estimate of drug-likeness (QED) is 0.393. The summed E-state index contributed by atoms with van der Waals surface area (Å²) in [6.45, 7) is 13.9. The van der Waals surface area contributed by atoms with Gasteiger partial charge in [-0.3, -0.25) is 0 Å². The fourth-order valence-electron chi connectivity index (χ4n) is 4.29. The average Bonchev–Trinajstić information content (AvgIpc) is 2.72. The maximum atomic E-state index is 5.91. The van der Waals surface area contributed by atoms with E-state index in [0.717, 1.165) is 38.2 Å². The van der Waals surface area contributed by atoms with E-state index in [9.17, 15) is 0 Å². The fraction of sp³-hybridized carbons (Fsp3) is 1.00. The molecule has 2 saturated heterocycles. The molecule has 0 aromatic carbocycles. The fourth-order valence-corrected chi connectivity index (χ4v) is 4.29. The molecule has 2 aliphatic rings. The van der Waals surface area contributed by atoms with Gasteiger partial charge in [0.25, 0.3) is 0 Å². The largest absolute Gasteiger partial charge is 0.382 e. The summed E-state index contributed by atoms with van der Waals surface area (Å²) in [6, 6.07) is 0. The molecule has 166 valence electrons. The van der Waals surface area contributed by atoms with Gasteiger partial charge in [-0.05, 0) is 95.9 Å². The van der Waals surface area contributed by atoms with Crippen molar-refractivity contribution in [2.45, 2.75) is 58.3 Å². The lowest BCUT2D eigenvalue weighted by molar-refractivity contribution is 0.0479. The molecule has 0 bridgehead atoms. The van der Waals surface area contributed by atoms with Crippen LogP contribution in [0.4, 0.5) is 0 Å². The van der Waals surface area contributed by atoms with Crippen molar-refractivity contribution in [3.05, 3.63) is 0 Å². The molecule has 2 aliphatic heterocycles. The van der Waals surface area contributed by atoms with Crippen LogP contribution in [0.2, 0.25) is 0 Å². The number of nitrogens with zero attached hydrogens (tertiary/aromatic N) is 2. The van der Waals surface area contributed by atoms with Crippen LogP contribution < -0.4 is 0 Å². The smallest absolute Gasteiger partial charge is 0.0700 e. The third-order valence-corrected chi connectivity index (χ3v) is 6.50. The molecule has 0 radical (unpaired) electrons. The molecule has 0 unspecified atom stereocenters. The highest BCUT2D eigenvalue weighted by Gasteiger charge is 2.18. The summed E-state index contributed by atoms with van der Waals surface area (Å²) in [6.07, 6.45) is 10.5. The van der Waals surface area contributed by atoms with Crippen molar-refractivity contribution in [2.24, 2.45) is 11.8 Å². The predicted octanol–water partition coefficient (Wildman–Crippen LogP) is 3.67. The number of hydrogen-bond donors (Lipinski definition) is 0. The van der Waals surface area contributed by atoms with Crippen molar-refractivity contribution < 1.29 is 14.2 Å². The molecule has 0 aromatic rings. The molecule has 0 saturated carbocycles. The summed E-state index contributed by atoms with van der Waals surface area (Å²) in [5, 5.41) is 0. The van der Waals surface area contributed by atoms with Crippen molar-refractivity contribution in [1.29, 1.82) is 0 Å². The predicted molar refractivity (Wildman–Crippen MR) is 116 cm³/mol. The molecular formula is C23H46N2O3. The Labute approximate surface area is 174 Å². The van der Waals surface area contributed by atoms with E-state index in [1.165, 1.54) is 84.1 Å². The van der Waals surface area contributed by atoms with E-state index in [2.05, 4.69) is 16.7 Å². The number of ether oxygens (including phenoxy) is 3. The zero-order chi connectivity index (χ0) is 19.9. The second kappa shape index (κ2) is 15.6. The summed E-state index contributed by atoms with van der Waals surface area (Å²) < 4.78 is 16.5. The lowest BCUT2D eigenvalue weighted by Gasteiger charge is -2.31. The van der Waals surface area contributed by atoms with Crippen LogP contribution in [0.15, 0.2) is 0 Å². The number of unbranched alkanes of at least 4 members (excludes halogenated alkanes) is 2. The standard InChI is InChI=1S/C23H46N2O3/c1-22-6-12-24(13-7-22)11-4-3-5-17-27-18-10-23-8-14-25(15-9-23)16-19-28-21-20-26-2/h22-23H,3-21H2,1-2H3. The van der Waals surface area contributed by atoms with E-state index in [4.69, 9.17) is 14.2 Å². The third-order valence-electron chi connectivity index (χ3n) is 6.50. The molecule has 2 fully saturated rings. The molecule has 0 aliphatic carbocycles. The highest BCUT2D eigenvalue weighted by Crippen LogP contribution is 2.20. The second-order valence-corrected chi connectivity index (χ2v) is 8.88.